The van der Waals surface area contributed by atoms with Crippen LogP contribution in [0.2, 0.25) is 5.02 Å². The maximum absolute atomic E-state index is 13.9. The van der Waals surface area contributed by atoms with Gasteiger partial charge in [-0.05, 0) is 28.8 Å². The molecule has 2 atom stereocenters. The van der Waals surface area contributed by atoms with E-state index in [0.717, 1.165) is 11.1 Å². The van der Waals surface area contributed by atoms with Crippen molar-refractivity contribution in [2.24, 2.45) is 0 Å². The number of benzene rings is 3. The van der Waals surface area contributed by atoms with Crippen molar-refractivity contribution in [1.82, 2.24) is 25.1 Å². The zero-order chi connectivity index (χ0) is 27.4. The number of hydrogen-bond donors (Lipinski definition) is 1. The molecule has 0 bridgehead atoms. The number of terminal acetylenes is 1. The van der Waals surface area contributed by atoms with Gasteiger partial charge in [0.25, 0.3) is 5.91 Å². The Morgan fingerprint density at radius 3 is 2.36 bits per heavy atom. The number of rotatable bonds is 6. The van der Waals surface area contributed by atoms with Gasteiger partial charge in [-0.3, -0.25) is 9.59 Å². The lowest BCUT2D eigenvalue weighted by Crippen LogP contribution is -2.74. The minimum atomic E-state index is -0.894. The molecule has 2 heterocycles. The molecule has 39 heavy (non-hydrogen) atoms. The molecule has 0 aromatic heterocycles. The highest BCUT2D eigenvalue weighted by Gasteiger charge is 2.51. The Kier molecular flexibility index (Phi) is 7.82. The summed E-state index contributed by atoms with van der Waals surface area (Å²) in [5.41, 5.74) is 2.45. The van der Waals surface area contributed by atoms with E-state index in [-0.39, 0.29) is 38.0 Å². The summed E-state index contributed by atoms with van der Waals surface area (Å²) in [6, 6.07) is 24.7. The van der Waals surface area contributed by atoms with Crippen LogP contribution < -0.4 is 5.32 Å². The number of carbonyl (C=O) groups excluding carboxylic acids is 3. The van der Waals surface area contributed by atoms with Gasteiger partial charge < -0.3 is 15.1 Å². The van der Waals surface area contributed by atoms with E-state index >= 15 is 0 Å². The third kappa shape index (κ3) is 5.60. The van der Waals surface area contributed by atoms with Gasteiger partial charge in [0, 0.05) is 18.1 Å². The Bertz CT molecular complexity index is 1390. The quantitative estimate of drug-likeness (QED) is 0.483. The van der Waals surface area contributed by atoms with Crippen LogP contribution in [0, 0.1) is 12.3 Å². The molecule has 2 aliphatic heterocycles. The van der Waals surface area contributed by atoms with Gasteiger partial charge in [-0.1, -0.05) is 90.3 Å². The lowest BCUT2D eigenvalue weighted by atomic mass is 9.98. The third-order valence-electron chi connectivity index (χ3n) is 6.87. The van der Waals surface area contributed by atoms with Crippen LogP contribution in [0.4, 0.5) is 4.79 Å². The van der Waals surface area contributed by atoms with Crippen molar-refractivity contribution in [3.63, 3.8) is 0 Å². The molecule has 8 nitrogen and oxygen atoms in total. The number of fused-ring (bicyclic) bond motifs is 1. The fraction of sp³-hybridized carbons (Fsp3) is 0.233. The smallest absolute Gasteiger partial charge is 0.333 e. The SMILES string of the molecule is C#CCN1CC(=O)N2[C@@H](c3ccccc3)C(=O)N(Cc3cccc(Cl)c3)C[C@@H]2N1C(=O)NCc1ccccc1. The highest BCUT2D eigenvalue weighted by atomic mass is 35.5. The van der Waals surface area contributed by atoms with Crippen molar-refractivity contribution in [1.29, 1.82) is 0 Å². The Morgan fingerprint density at radius 1 is 0.974 bits per heavy atom. The minimum absolute atomic E-state index is 0.0626. The number of piperazine rings is 1. The highest BCUT2D eigenvalue weighted by molar-refractivity contribution is 6.30. The van der Waals surface area contributed by atoms with Gasteiger partial charge in [-0.15, -0.1) is 6.42 Å². The molecule has 2 aliphatic rings. The Morgan fingerprint density at radius 2 is 1.67 bits per heavy atom. The maximum atomic E-state index is 13.9. The average molecular weight is 542 g/mol. The van der Waals surface area contributed by atoms with Crippen LogP contribution >= 0.6 is 11.6 Å². The number of urea groups is 1. The van der Waals surface area contributed by atoms with E-state index in [4.69, 9.17) is 18.0 Å². The van der Waals surface area contributed by atoms with E-state index in [0.29, 0.717) is 17.1 Å². The van der Waals surface area contributed by atoms with Gasteiger partial charge in [0.15, 0.2) is 0 Å². The monoisotopic (exact) mass is 541 g/mol. The number of nitrogens with zero attached hydrogens (tertiary/aromatic N) is 4. The van der Waals surface area contributed by atoms with Gasteiger partial charge in [0.05, 0.1) is 19.6 Å². The first kappa shape index (κ1) is 26.3. The number of carbonyl (C=O) groups is 3. The van der Waals surface area contributed by atoms with E-state index in [1.54, 1.807) is 22.0 Å². The lowest BCUT2D eigenvalue weighted by molar-refractivity contribution is -0.190. The van der Waals surface area contributed by atoms with Crippen LogP contribution in [0.1, 0.15) is 22.7 Å². The van der Waals surface area contributed by atoms with Crippen molar-refractivity contribution in [3.05, 3.63) is 107 Å². The third-order valence-corrected chi connectivity index (χ3v) is 7.10. The normalized spacial score (nSPS) is 19.4. The van der Waals surface area contributed by atoms with E-state index in [1.165, 1.54) is 9.91 Å². The molecule has 4 amide bonds. The Hall–Kier alpha value is -4.32. The van der Waals surface area contributed by atoms with Crippen molar-refractivity contribution in [3.8, 4) is 12.3 Å². The van der Waals surface area contributed by atoms with Crippen molar-refractivity contribution < 1.29 is 14.4 Å². The molecule has 0 aliphatic carbocycles. The fourth-order valence-corrected chi connectivity index (χ4v) is 5.35. The topological polar surface area (TPSA) is 76.2 Å². The summed E-state index contributed by atoms with van der Waals surface area (Å²) in [5.74, 6) is 2.07. The van der Waals surface area contributed by atoms with Crippen molar-refractivity contribution >= 4 is 29.4 Å². The molecular weight excluding hydrogens is 514 g/mol. The van der Waals surface area contributed by atoms with Gasteiger partial charge in [-0.2, -0.15) is 5.01 Å². The second kappa shape index (κ2) is 11.6. The first-order chi connectivity index (χ1) is 19.0. The molecule has 0 saturated carbocycles. The largest absolute Gasteiger partial charge is 0.334 e. The van der Waals surface area contributed by atoms with E-state index < -0.39 is 18.2 Å². The Labute approximate surface area is 232 Å². The Balaban J connectivity index is 1.52. The molecule has 3 aromatic carbocycles. The highest BCUT2D eigenvalue weighted by Crippen LogP contribution is 2.35. The summed E-state index contributed by atoms with van der Waals surface area (Å²) in [7, 11) is 0. The summed E-state index contributed by atoms with van der Waals surface area (Å²) >= 11 is 6.21. The predicted molar refractivity (Wildman–Crippen MR) is 148 cm³/mol. The molecular formula is C30H28ClN5O3. The number of amides is 4. The second-order valence-corrected chi connectivity index (χ2v) is 9.90. The second-order valence-electron chi connectivity index (χ2n) is 9.46. The molecule has 0 radical (unpaired) electrons. The molecule has 0 unspecified atom stereocenters. The molecule has 2 fully saturated rings. The van der Waals surface area contributed by atoms with Gasteiger partial charge in [-0.25, -0.2) is 9.80 Å². The molecule has 9 heteroatoms. The summed E-state index contributed by atoms with van der Waals surface area (Å²) in [6.07, 6.45) is 4.87. The molecule has 198 valence electrons. The standard InChI is InChI=1S/C30H28ClN5O3/c1-2-16-34-21-27(37)35-26(36(34)30(39)32-18-22-10-5-3-6-11-22)20-33(19-23-12-9-15-25(31)17-23)29(38)28(35)24-13-7-4-8-14-24/h1,3-15,17,26,28H,16,18-21H2,(H,32,39)/t26-,28-/m0/s1. The van der Waals surface area contributed by atoms with E-state index in [1.807, 2.05) is 72.8 Å². The predicted octanol–water partition coefficient (Wildman–Crippen LogP) is 3.65. The van der Waals surface area contributed by atoms with Crippen LogP contribution in [0.25, 0.3) is 0 Å². The number of hydrogen-bond acceptors (Lipinski definition) is 4. The lowest BCUT2D eigenvalue weighted by Gasteiger charge is -2.54. The summed E-state index contributed by atoms with van der Waals surface area (Å²) in [6.45, 7) is 0.627. The molecule has 2 saturated heterocycles. The summed E-state index contributed by atoms with van der Waals surface area (Å²) < 4.78 is 0. The molecule has 0 spiro atoms. The zero-order valence-electron chi connectivity index (χ0n) is 21.2. The average Bonchev–Trinajstić information content (AvgIpc) is 2.94. The number of hydrazine groups is 1. The van der Waals surface area contributed by atoms with Gasteiger partial charge in [0.1, 0.15) is 12.2 Å². The van der Waals surface area contributed by atoms with Crippen LogP contribution in [0.15, 0.2) is 84.9 Å². The molecule has 1 N–H and O–H groups in total. The fourth-order valence-electron chi connectivity index (χ4n) is 5.14. The summed E-state index contributed by atoms with van der Waals surface area (Å²) in [4.78, 5) is 44.4. The van der Waals surface area contributed by atoms with Crippen LogP contribution in [-0.4, -0.2) is 63.5 Å². The van der Waals surface area contributed by atoms with Crippen LogP contribution in [-0.2, 0) is 22.7 Å². The number of nitrogens with one attached hydrogen (secondary N) is 1. The molecule has 3 aromatic rings. The number of halogens is 1. The molecule has 5 rings (SSSR count). The van der Waals surface area contributed by atoms with Crippen molar-refractivity contribution in [2.75, 3.05) is 19.6 Å². The van der Waals surface area contributed by atoms with Gasteiger partial charge in [0.2, 0.25) is 5.91 Å². The van der Waals surface area contributed by atoms with Crippen molar-refractivity contribution in [2.45, 2.75) is 25.3 Å². The van der Waals surface area contributed by atoms with Gasteiger partial charge >= 0.3 is 6.03 Å². The minimum Gasteiger partial charge on any atom is -0.333 e. The summed E-state index contributed by atoms with van der Waals surface area (Å²) in [5, 5.41) is 6.59. The zero-order valence-corrected chi connectivity index (χ0v) is 22.0. The van der Waals surface area contributed by atoms with Crippen LogP contribution in [0.3, 0.4) is 0 Å². The van der Waals surface area contributed by atoms with E-state index in [2.05, 4.69) is 11.2 Å². The van der Waals surface area contributed by atoms with Crippen LogP contribution in [0.5, 0.6) is 0 Å². The van der Waals surface area contributed by atoms with E-state index in [9.17, 15) is 14.4 Å². The first-order valence-electron chi connectivity index (χ1n) is 12.6. The maximum Gasteiger partial charge on any atom is 0.334 e. The first-order valence-corrected chi connectivity index (χ1v) is 13.0.